The van der Waals surface area contributed by atoms with Crippen molar-refractivity contribution >= 4 is 6.29 Å². The van der Waals surface area contributed by atoms with Gasteiger partial charge in [-0.05, 0) is 53.7 Å². The monoisotopic (exact) mass is 300 g/mol. The number of fused-ring (bicyclic) bond motifs is 3. The Morgan fingerprint density at radius 1 is 1.23 bits per heavy atom. The number of rotatable bonds is 2. The van der Waals surface area contributed by atoms with Crippen molar-refractivity contribution in [3.63, 3.8) is 0 Å². The van der Waals surface area contributed by atoms with E-state index in [-0.39, 0.29) is 10.8 Å². The second kappa shape index (κ2) is 5.19. The fourth-order valence-corrected chi connectivity index (χ4v) is 4.74. The first-order valence-electron chi connectivity index (χ1n) is 8.60. The molecule has 0 aromatic heterocycles. The zero-order valence-corrected chi connectivity index (χ0v) is 14.3. The van der Waals surface area contributed by atoms with Gasteiger partial charge in [0.05, 0.1) is 6.10 Å². The third-order valence-corrected chi connectivity index (χ3v) is 6.43. The highest BCUT2D eigenvalue weighted by molar-refractivity contribution is 5.74. The second-order valence-electron chi connectivity index (χ2n) is 8.19. The SMILES string of the molecule is CC(C)C1=C2C3=CC=C(C=O)C[C@H](O)[C@]3(C)CC[C@@]2(C)CC1. The normalized spacial score (nSPS) is 38.2. The summed E-state index contributed by atoms with van der Waals surface area (Å²) >= 11 is 0. The molecule has 0 saturated heterocycles. The smallest absolute Gasteiger partial charge is 0.146 e. The van der Waals surface area contributed by atoms with Crippen LogP contribution in [0.5, 0.6) is 0 Å². The van der Waals surface area contributed by atoms with Crippen molar-refractivity contribution in [1.82, 2.24) is 0 Å². The van der Waals surface area contributed by atoms with Crippen LogP contribution in [0.1, 0.15) is 59.8 Å². The molecule has 2 nitrogen and oxygen atoms in total. The van der Waals surface area contributed by atoms with Crippen LogP contribution < -0.4 is 0 Å². The molecule has 0 aliphatic heterocycles. The zero-order valence-electron chi connectivity index (χ0n) is 14.3. The molecule has 2 heteroatoms. The Morgan fingerprint density at radius 2 is 1.95 bits per heavy atom. The maximum absolute atomic E-state index is 11.2. The molecule has 1 N–H and O–H groups in total. The average Bonchev–Trinajstić information content (AvgIpc) is 2.76. The van der Waals surface area contributed by atoms with Crippen molar-refractivity contribution in [2.75, 3.05) is 0 Å². The van der Waals surface area contributed by atoms with Gasteiger partial charge in [0.1, 0.15) is 6.29 Å². The Morgan fingerprint density at radius 3 is 2.59 bits per heavy atom. The fraction of sp³-hybridized carbons (Fsp3) is 0.650. The van der Waals surface area contributed by atoms with E-state index in [9.17, 15) is 9.90 Å². The van der Waals surface area contributed by atoms with Gasteiger partial charge in [0, 0.05) is 11.8 Å². The molecule has 0 unspecified atom stereocenters. The van der Waals surface area contributed by atoms with Crippen molar-refractivity contribution in [2.24, 2.45) is 16.7 Å². The summed E-state index contributed by atoms with van der Waals surface area (Å²) in [7, 11) is 0. The first-order chi connectivity index (χ1) is 10.3. The summed E-state index contributed by atoms with van der Waals surface area (Å²) in [6.07, 6.45) is 9.52. The van der Waals surface area contributed by atoms with E-state index >= 15 is 0 Å². The summed E-state index contributed by atoms with van der Waals surface area (Å²) in [5.41, 5.74) is 5.10. The quantitative estimate of drug-likeness (QED) is 0.770. The number of aliphatic hydroxyl groups is 1. The number of hydrogen-bond donors (Lipinski definition) is 1. The van der Waals surface area contributed by atoms with Crippen LogP contribution in [-0.4, -0.2) is 17.5 Å². The van der Waals surface area contributed by atoms with Crippen molar-refractivity contribution in [3.05, 3.63) is 34.4 Å². The number of aliphatic hydroxyl groups excluding tert-OH is 1. The first kappa shape index (κ1) is 15.7. The summed E-state index contributed by atoms with van der Waals surface area (Å²) in [4.78, 5) is 11.2. The van der Waals surface area contributed by atoms with Crippen LogP contribution in [0.25, 0.3) is 0 Å². The second-order valence-corrected chi connectivity index (χ2v) is 8.19. The third-order valence-electron chi connectivity index (χ3n) is 6.43. The molecule has 0 radical (unpaired) electrons. The van der Waals surface area contributed by atoms with Gasteiger partial charge in [-0.15, -0.1) is 0 Å². The van der Waals surface area contributed by atoms with E-state index in [0.717, 1.165) is 19.1 Å². The minimum absolute atomic E-state index is 0.222. The molecule has 0 heterocycles. The van der Waals surface area contributed by atoms with Gasteiger partial charge >= 0.3 is 0 Å². The lowest BCUT2D eigenvalue weighted by molar-refractivity contribution is -0.105. The van der Waals surface area contributed by atoms with E-state index < -0.39 is 6.10 Å². The van der Waals surface area contributed by atoms with Gasteiger partial charge in [0.2, 0.25) is 0 Å². The molecule has 22 heavy (non-hydrogen) atoms. The summed E-state index contributed by atoms with van der Waals surface area (Å²) in [5.74, 6) is 0.551. The number of carbonyl (C=O) groups excluding carboxylic acids is 1. The first-order valence-corrected chi connectivity index (χ1v) is 8.60. The molecule has 0 spiro atoms. The maximum Gasteiger partial charge on any atom is 0.146 e. The minimum atomic E-state index is -0.469. The molecule has 120 valence electrons. The molecular formula is C20H28O2. The fourth-order valence-electron chi connectivity index (χ4n) is 4.74. The van der Waals surface area contributed by atoms with Crippen LogP contribution in [0.2, 0.25) is 0 Å². The largest absolute Gasteiger partial charge is 0.392 e. The number of carbonyl (C=O) groups is 1. The van der Waals surface area contributed by atoms with Crippen LogP contribution >= 0.6 is 0 Å². The molecule has 3 atom stereocenters. The summed E-state index contributed by atoms with van der Waals surface area (Å²) in [6, 6.07) is 0. The topological polar surface area (TPSA) is 37.3 Å². The highest BCUT2D eigenvalue weighted by Crippen LogP contribution is 2.61. The molecule has 1 fully saturated rings. The summed E-state index contributed by atoms with van der Waals surface area (Å²) < 4.78 is 0. The van der Waals surface area contributed by atoms with Crippen LogP contribution in [-0.2, 0) is 4.79 Å². The van der Waals surface area contributed by atoms with Gasteiger partial charge in [-0.2, -0.15) is 0 Å². The molecule has 3 rings (SSSR count). The highest BCUT2D eigenvalue weighted by atomic mass is 16.3. The van der Waals surface area contributed by atoms with Gasteiger partial charge in [0.25, 0.3) is 0 Å². The molecular weight excluding hydrogens is 272 g/mol. The van der Waals surface area contributed by atoms with E-state index in [2.05, 4.69) is 33.8 Å². The Balaban J connectivity index is 2.19. The lowest BCUT2D eigenvalue weighted by Crippen LogP contribution is -2.41. The predicted molar refractivity (Wildman–Crippen MR) is 89.4 cm³/mol. The Kier molecular flexibility index (Phi) is 3.71. The molecule has 0 aromatic rings. The molecule has 0 bridgehead atoms. The molecule has 3 aliphatic carbocycles. The van der Waals surface area contributed by atoms with Crippen molar-refractivity contribution in [3.8, 4) is 0 Å². The summed E-state index contributed by atoms with van der Waals surface area (Å²) in [6.45, 7) is 9.13. The number of aldehydes is 1. The molecule has 1 saturated carbocycles. The Bertz CT molecular complexity index is 593. The van der Waals surface area contributed by atoms with Crippen LogP contribution in [0.3, 0.4) is 0 Å². The third kappa shape index (κ3) is 2.15. The van der Waals surface area contributed by atoms with Crippen molar-refractivity contribution in [1.29, 1.82) is 0 Å². The van der Waals surface area contributed by atoms with E-state index in [0.29, 0.717) is 17.9 Å². The molecule has 0 aromatic carbocycles. The van der Waals surface area contributed by atoms with Crippen molar-refractivity contribution < 1.29 is 9.90 Å². The lowest BCUT2D eigenvalue weighted by atomic mass is 9.57. The van der Waals surface area contributed by atoms with E-state index in [1.807, 2.05) is 6.08 Å². The van der Waals surface area contributed by atoms with Gasteiger partial charge in [-0.3, -0.25) is 4.79 Å². The van der Waals surface area contributed by atoms with E-state index in [4.69, 9.17) is 0 Å². The number of allylic oxidation sites excluding steroid dienone is 4. The van der Waals surface area contributed by atoms with Crippen LogP contribution in [0, 0.1) is 16.7 Å². The zero-order chi connectivity index (χ0) is 16.1. The molecule has 0 amide bonds. The van der Waals surface area contributed by atoms with Gasteiger partial charge in [-0.1, -0.05) is 45.4 Å². The van der Waals surface area contributed by atoms with E-state index in [1.54, 1.807) is 5.57 Å². The van der Waals surface area contributed by atoms with Crippen molar-refractivity contribution in [2.45, 2.75) is 65.9 Å². The lowest BCUT2D eigenvalue weighted by Gasteiger charge is -2.48. The minimum Gasteiger partial charge on any atom is -0.392 e. The van der Waals surface area contributed by atoms with Gasteiger partial charge < -0.3 is 5.11 Å². The standard InChI is InChI=1S/C20H28O2/c1-13(2)15-7-8-19(3)9-10-20(4)16(18(15)19)6-5-14(12-21)11-17(20)22/h5-6,12-13,17,22H,7-11H2,1-4H3/t17-,19+,20+/m0/s1. The highest BCUT2D eigenvalue weighted by Gasteiger charge is 2.51. The summed E-state index contributed by atoms with van der Waals surface area (Å²) in [5, 5.41) is 10.8. The van der Waals surface area contributed by atoms with Gasteiger partial charge in [-0.25, -0.2) is 0 Å². The van der Waals surface area contributed by atoms with E-state index in [1.165, 1.54) is 24.0 Å². The Hall–Kier alpha value is -1.15. The Labute approximate surface area is 134 Å². The van der Waals surface area contributed by atoms with Gasteiger partial charge in [0.15, 0.2) is 0 Å². The van der Waals surface area contributed by atoms with Crippen LogP contribution in [0.15, 0.2) is 34.4 Å². The predicted octanol–water partition coefficient (Wildman–Crippen LogP) is 4.36. The molecule has 3 aliphatic rings. The number of hydrogen-bond acceptors (Lipinski definition) is 2. The maximum atomic E-state index is 11.2. The van der Waals surface area contributed by atoms with Crippen LogP contribution in [0.4, 0.5) is 0 Å². The average molecular weight is 300 g/mol.